The molecule has 164 valence electrons. The Kier molecular flexibility index (Phi) is 5.04. The lowest BCUT2D eigenvalue weighted by Crippen LogP contribution is -2.49. The van der Waals surface area contributed by atoms with Crippen molar-refractivity contribution in [1.82, 2.24) is 14.8 Å². The molecule has 0 saturated heterocycles. The van der Waals surface area contributed by atoms with Gasteiger partial charge < -0.3 is 25.0 Å². The zero-order valence-electron chi connectivity index (χ0n) is 16.7. The van der Waals surface area contributed by atoms with Crippen molar-refractivity contribution in [3.63, 3.8) is 0 Å². The van der Waals surface area contributed by atoms with E-state index in [9.17, 15) is 33.4 Å². The number of rotatable bonds is 5. The van der Waals surface area contributed by atoms with Crippen LogP contribution in [0.25, 0.3) is 0 Å². The van der Waals surface area contributed by atoms with Gasteiger partial charge in [-0.05, 0) is 19.4 Å². The Hall–Kier alpha value is -3.27. The summed E-state index contributed by atoms with van der Waals surface area (Å²) in [6.07, 6.45) is 1.73. The van der Waals surface area contributed by atoms with Gasteiger partial charge in [0, 0.05) is 50.0 Å². The van der Waals surface area contributed by atoms with Gasteiger partial charge in [0.15, 0.2) is 11.4 Å². The van der Waals surface area contributed by atoms with Gasteiger partial charge >= 0.3 is 0 Å². The molecule has 1 aromatic heterocycles. The number of likely N-dealkylation sites (N-methyl/N-ethyl adjacent to an activating group) is 1. The maximum Gasteiger partial charge on any atom is 0.274 e. The number of pyridine rings is 1. The SMILES string of the molecule is CCN1C[C@]2(C[C@H]2CO)n2cc(C(=O)NCc3ccc(F)cc3F)c(=O)c(O)c2C1=O. The van der Waals surface area contributed by atoms with Crippen LogP contribution in [0.4, 0.5) is 8.78 Å². The van der Waals surface area contributed by atoms with E-state index >= 15 is 0 Å². The van der Waals surface area contributed by atoms with Crippen molar-refractivity contribution in [2.75, 3.05) is 19.7 Å². The van der Waals surface area contributed by atoms with Gasteiger partial charge in [-0.15, -0.1) is 0 Å². The Morgan fingerprint density at radius 3 is 2.68 bits per heavy atom. The summed E-state index contributed by atoms with van der Waals surface area (Å²) < 4.78 is 28.3. The summed E-state index contributed by atoms with van der Waals surface area (Å²) in [5.74, 6) is -4.05. The summed E-state index contributed by atoms with van der Waals surface area (Å²) in [7, 11) is 0. The molecule has 0 bridgehead atoms. The molecule has 2 atom stereocenters. The van der Waals surface area contributed by atoms with Crippen molar-refractivity contribution in [3.05, 3.63) is 63.1 Å². The second-order valence-electron chi connectivity index (χ2n) is 7.86. The highest BCUT2D eigenvalue weighted by molar-refractivity contribution is 5.99. The van der Waals surface area contributed by atoms with E-state index in [0.717, 1.165) is 6.07 Å². The van der Waals surface area contributed by atoms with Gasteiger partial charge in [-0.25, -0.2) is 8.78 Å². The average Bonchev–Trinajstić information content (AvgIpc) is 3.45. The number of aliphatic hydroxyl groups excluding tert-OH is 1. The predicted octanol–water partition coefficient (Wildman–Crippen LogP) is 0.945. The minimum Gasteiger partial charge on any atom is -0.503 e. The van der Waals surface area contributed by atoms with Crippen molar-refractivity contribution in [2.45, 2.75) is 25.4 Å². The molecular formula is C21H21F2N3O5. The third kappa shape index (κ3) is 3.27. The number of hydrogen-bond acceptors (Lipinski definition) is 5. The number of nitrogens with zero attached hydrogens (tertiary/aromatic N) is 2. The molecule has 8 nitrogen and oxygen atoms in total. The first-order chi connectivity index (χ1) is 14.7. The predicted molar refractivity (Wildman–Crippen MR) is 105 cm³/mol. The molecule has 1 aromatic carbocycles. The topological polar surface area (TPSA) is 112 Å². The molecule has 1 spiro atoms. The van der Waals surface area contributed by atoms with Crippen molar-refractivity contribution in [3.8, 4) is 5.75 Å². The molecule has 1 aliphatic carbocycles. The summed E-state index contributed by atoms with van der Waals surface area (Å²) in [5.41, 5.74) is -2.34. The molecule has 3 N–H and O–H groups in total. The molecule has 2 heterocycles. The molecule has 0 unspecified atom stereocenters. The minimum absolute atomic E-state index is 0.0183. The Morgan fingerprint density at radius 1 is 1.32 bits per heavy atom. The van der Waals surface area contributed by atoms with E-state index in [1.165, 1.54) is 21.7 Å². The Balaban J connectivity index is 1.70. The smallest absolute Gasteiger partial charge is 0.274 e. The highest BCUT2D eigenvalue weighted by atomic mass is 19.1. The maximum absolute atomic E-state index is 13.8. The quantitative estimate of drug-likeness (QED) is 0.650. The number of carbonyl (C=O) groups is 2. The Labute approximate surface area is 175 Å². The molecule has 2 amide bonds. The molecule has 1 fully saturated rings. The number of nitrogens with one attached hydrogen (secondary N) is 1. The van der Waals surface area contributed by atoms with E-state index in [1.54, 1.807) is 6.92 Å². The van der Waals surface area contributed by atoms with Crippen LogP contribution in [0.2, 0.25) is 0 Å². The molecule has 31 heavy (non-hydrogen) atoms. The fraction of sp³-hybridized carbons (Fsp3) is 0.381. The van der Waals surface area contributed by atoms with Gasteiger partial charge in [0.25, 0.3) is 11.8 Å². The highest BCUT2D eigenvalue weighted by Gasteiger charge is 2.60. The second-order valence-corrected chi connectivity index (χ2v) is 7.86. The number of carbonyl (C=O) groups excluding carboxylic acids is 2. The number of aliphatic hydroxyl groups is 1. The van der Waals surface area contributed by atoms with Gasteiger partial charge in [-0.3, -0.25) is 14.4 Å². The zero-order chi connectivity index (χ0) is 22.5. The summed E-state index contributed by atoms with van der Waals surface area (Å²) in [5, 5.41) is 22.5. The number of hydrogen-bond donors (Lipinski definition) is 3. The summed E-state index contributed by atoms with van der Waals surface area (Å²) in [6.45, 7) is 1.95. The first-order valence-electron chi connectivity index (χ1n) is 9.84. The number of benzene rings is 1. The second kappa shape index (κ2) is 7.45. The van der Waals surface area contributed by atoms with Crippen molar-refractivity contribution in [2.24, 2.45) is 5.92 Å². The van der Waals surface area contributed by atoms with E-state index in [-0.39, 0.29) is 36.9 Å². The van der Waals surface area contributed by atoms with Crippen molar-refractivity contribution in [1.29, 1.82) is 0 Å². The number of fused-ring (bicyclic) bond motifs is 2. The monoisotopic (exact) mass is 433 g/mol. The summed E-state index contributed by atoms with van der Waals surface area (Å²) >= 11 is 0. The van der Waals surface area contributed by atoms with E-state index in [4.69, 9.17) is 0 Å². The van der Waals surface area contributed by atoms with Gasteiger partial charge in [0.2, 0.25) is 5.43 Å². The molecule has 2 aliphatic rings. The number of amides is 2. The van der Waals surface area contributed by atoms with Crippen LogP contribution < -0.4 is 10.7 Å². The fourth-order valence-corrected chi connectivity index (χ4v) is 4.23. The third-order valence-corrected chi connectivity index (χ3v) is 6.12. The van der Waals surface area contributed by atoms with E-state index in [1.807, 2.05) is 0 Å². The normalized spacial score (nSPS) is 21.9. The number of aromatic nitrogens is 1. The number of halogens is 2. The molecular weight excluding hydrogens is 412 g/mol. The van der Waals surface area contributed by atoms with Crippen LogP contribution in [-0.2, 0) is 12.1 Å². The lowest BCUT2D eigenvalue weighted by atomic mass is 10.0. The van der Waals surface area contributed by atoms with Crippen LogP contribution in [0.5, 0.6) is 5.75 Å². The lowest BCUT2D eigenvalue weighted by molar-refractivity contribution is 0.0630. The van der Waals surface area contributed by atoms with Crippen LogP contribution in [-0.4, -0.2) is 51.2 Å². The van der Waals surface area contributed by atoms with Gasteiger partial charge in [0.1, 0.15) is 17.2 Å². The average molecular weight is 433 g/mol. The van der Waals surface area contributed by atoms with Crippen LogP contribution >= 0.6 is 0 Å². The van der Waals surface area contributed by atoms with Gasteiger partial charge in [0.05, 0.1) is 5.54 Å². The van der Waals surface area contributed by atoms with Crippen LogP contribution in [0.1, 0.15) is 39.8 Å². The molecule has 10 heteroatoms. The molecule has 4 rings (SSSR count). The molecule has 0 radical (unpaired) electrons. The largest absolute Gasteiger partial charge is 0.503 e. The first kappa shape index (κ1) is 21.0. The van der Waals surface area contributed by atoms with Crippen molar-refractivity contribution < 1.29 is 28.6 Å². The van der Waals surface area contributed by atoms with E-state index in [0.29, 0.717) is 19.0 Å². The van der Waals surface area contributed by atoms with Gasteiger partial charge in [-0.2, -0.15) is 0 Å². The Morgan fingerprint density at radius 2 is 2.06 bits per heavy atom. The van der Waals surface area contributed by atoms with Crippen LogP contribution in [0.3, 0.4) is 0 Å². The third-order valence-electron chi connectivity index (χ3n) is 6.12. The molecule has 2 aromatic rings. The summed E-state index contributed by atoms with van der Waals surface area (Å²) in [4.78, 5) is 39.6. The van der Waals surface area contributed by atoms with E-state index in [2.05, 4.69) is 5.32 Å². The Bertz CT molecular complexity index is 1150. The van der Waals surface area contributed by atoms with Crippen molar-refractivity contribution >= 4 is 11.8 Å². The van der Waals surface area contributed by atoms with Crippen LogP contribution in [0.15, 0.2) is 29.2 Å². The van der Waals surface area contributed by atoms with E-state index < -0.39 is 45.7 Å². The lowest BCUT2D eigenvalue weighted by Gasteiger charge is -2.37. The minimum atomic E-state index is -1.02. The first-order valence-corrected chi connectivity index (χ1v) is 9.84. The number of aromatic hydroxyl groups is 1. The highest BCUT2D eigenvalue weighted by Crippen LogP contribution is 2.53. The fourth-order valence-electron chi connectivity index (χ4n) is 4.23. The molecule has 1 aliphatic heterocycles. The summed E-state index contributed by atoms with van der Waals surface area (Å²) in [6, 6.07) is 2.89. The van der Waals surface area contributed by atoms with Crippen LogP contribution in [0, 0.1) is 17.6 Å². The standard InChI is InChI=1S/C21H21F2N3O5/c1-2-25-10-21(6-12(21)9-27)26-8-14(17(28)18(29)16(26)20(25)31)19(30)24-7-11-3-4-13(22)5-15(11)23/h3-5,8,12,27,29H,2,6-7,9-10H2,1H3,(H,24,30)/t12-,21-/m0/s1. The zero-order valence-corrected chi connectivity index (χ0v) is 16.7. The molecule has 1 saturated carbocycles. The van der Waals surface area contributed by atoms with Gasteiger partial charge in [-0.1, -0.05) is 6.07 Å². The maximum atomic E-state index is 13.8.